The molecule has 10 heteroatoms. The lowest BCUT2D eigenvalue weighted by Gasteiger charge is -2.09. The molecule has 1 aromatic heterocycles. The van der Waals surface area contributed by atoms with Crippen LogP contribution in [0.2, 0.25) is 10.0 Å². The first-order valence-corrected chi connectivity index (χ1v) is 7.87. The summed E-state index contributed by atoms with van der Waals surface area (Å²) in [4.78, 5) is 10.8. The van der Waals surface area contributed by atoms with Crippen molar-refractivity contribution >= 4 is 39.0 Å². The Labute approximate surface area is 129 Å². The van der Waals surface area contributed by atoms with Gasteiger partial charge in [-0.15, -0.1) is 0 Å². The minimum atomic E-state index is -3.93. The number of hydrogen-bond acceptors (Lipinski definition) is 6. The number of aromatic carboxylic acids is 1. The summed E-state index contributed by atoms with van der Waals surface area (Å²) in [6.45, 7) is 1.54. The van der Waals surface area contributed by atoms with E-state index in [1.807, 2.05) is 0 Å². The lowest BCUT2D eigenvalue weighted by Crippen LogP contribution is -2.10. The molecule has 0 amide bonds. The van der Waals surface area contributed by atoms with Crippen molar-refractivity contribution in [3.8, 4) is 0 Å². The highest BCUT2D eigenvalue weighted by Crippen LogP contribution is 2.32. The molecular weight excluding hydrogens is 343 g/mol. The van der Waals surface area contributed by atoms with Gasteiger partial charge in [0.05, 0.1) is 20.5 Å². The Morgan fingerprint density at radius 3 is 2.52 bits per heavy atom. The van der Waals surface area contributed by atoms with Crippen LogP contribution < -0.4 is 0 Å². The van der Waals surface area contributed by atoms with Crippen molar-refractivity contribution in [3.63, 3.8) is 0 Å². The van der Waals surface area contributed by atoms with E-state index in [0.29, 0.717) is 5.69 Å². The third-order valence-corrected chi connectivity index (χ3v) is 5.16. The molecule has 0 aliphatic rings. The number of hydrogen-bond donors (Lipinski definition) is 1. The van der Waals surface area contributed by atoms with Gasteiger partial charge in [-0.25, -0.2) is 17.8 Å². The minimum Gasteiger partial charge on any atom is -0.478 e. The van der Waals surface area contributed by atoms with Gasteiger partial charge in [-0.05, 0) is 19.1 Å². The van der Waals surface area contributed by atoms with Crippen LogP contribution in [0.5, 0.6) is 0 Å². The summed E-state index contributed by atoms with van der Waals surface area (Å²) in [5.41, 5.74) is -0.0191. The lowest BCUT2D eigenvalue weighted by atomic mass is 10.2. The predicted molar refractivity (Wildman–Crippen MR) is 73.3 cm³/mol. The number of benzene rings is 1. The van der Waals surface area contributed by atoms with Crippen molar-refractivity contribution in [1.82, 2.24) is 10.3 Å². The Morgan fingerprint density at radius 2 is 2.00 bits per heavy atom. The molecule has 0 atom stereocenters. The van der Waals surface area contributed by atoms with E-state index in [1.54, 1.807) is 0 Å². The van der Waals surface area contributed by atoms with Gasteiger partial charge in [0.15, 0.2) is 9.84 Å². The van der Waals surface area contributed by atoms with Crippen molar-refractivity contribution in [3.05, 3.63) is 39.1 Å². The predicted octanol–water partition coefficient (Wildman–Crippen LogP) is 2.36. The first-order chi connectivity index (χ1) is 9.74. The van der Waals surface area contributed by atoms with E-state index in [0.717, 1.165) is 12.1 Å². The number of carbonyl (C=O) groups is 1. The van der Waals surface area contributed by atoms with Crippen LogP contribution >= 0.6 is 23.2 Å². The van der Waals surface area contributed by atoms with E-state index in [4.69, 9.17) is 28.3 Å². The monoisotopic (exact) mass is 350 g/mol. The largest absolute Gasteiger partial charge is 0.478 e. The third-order valence-electron chi connectivity index (χ3n) is 2.68. The molecular formula is C11H8Cl2N2O5S. The minimum absolute atomic E-state index is 0.123. The Bertz CT molecular complexity index is 816. The van der Waals surface area contributed by atoms with E-state index < -0.39 is 32.1 Å². The van der Waals surface area contributed by atoms with Gasteiger partial charge < -0.3 is 5.11 Å². The standard InChI is InChI=1S/C11H8Cl2N2O5S/c1-5-7(15-20-14-5)4-21(18,19)8-3-2-6(12)9(10(8)13)11(16)17/h2-3H,4H2,1H3,(H,16,17). The smallest absolute Gasteiger partial charge is 0.338 e. The van der Waals surface area contributed by atoms with Gasteiger partial charge in [-0.3, -0.25) is 0 Å². The zero-order valence-corrected chi connectivity index (χ0v) is 12.8. The van der Waals surface area contributed by atoms with Crippen LogP contribution in [0.1, 0.15) is 21.7 Å². The molecule has 0 saturated carbocycles. The molecule has 0 bridgehead atoms. The quantitative estimate of drug-likeness (QED) is 0.900. The maximum Gasteiger partial charge on any atom is 0.338 e. The lowest BCUT2D eigenvalue weighted by molar-refractivity contribution is 0.0697. The normalized spacial score (nSPS) is 11.6. The summed E-state index contributed by atoms with van der Waals surface area (Å²) < 4.78 is 29.1. The number of sulfone groups is 1. The highest BCUT2D eigenvalue weighted by Gasteiger charge is 2.26. The van der Waals surface area contributed by atoms with E-state index in [2.05, 4.69) is 14.9 Å². The molecule has 0 aliphatic carbocycles. The second-order valence-corrected chi connectivity index (χ2v) is 6.84. The van der Waals surface area contributed by atoms with Gasteiger partial charge in [0.1, 0.15) is 17.1 Å². The summed E-state index contributed by atoms with van der Waals surface area (Å²) in [6.07, 6.45) is 0. The maximum atomic E-state index is 12.3. The Hall–Kier alpha value is -1.64. The topological polar surface area (TPSA) is 110 Å². The molecule has 21 heavy (non-hydrogen) atoms. The van der Waals surface area contributed by atoms with Crippen LogP contribution in [-0.2, 0) is 15.6 Å². The summed E-state index contributed by atoms with van der Waals surface area (Å²) in [5, 5.41) is 15.4. The number of carboxylic acid groups (broad SMARTS) is 1. The molecule has 1 heterocycles. The Kier molecular flexibility index (Phi) is 4.22. The van der Waals surface area contributed by atoms with E-state index in [-0.39, 0.29) is 15.6 Å². The van der Waals surface area contributed by atoms with Crippen LogP contribution in [0.3, 0.4) is 0 Å². The molecule has 1 N–H and O–H groups in total. The molecule has 0 fully saturated rings. The van der Waals surface area contributed by atoms with Crippen molar-refractivity contribution in [2.45, 2.75) is 17.6 Å². The van der Waals surface area contributed by atoms with Crippen molar-refractivity contribution in [2.24, 2.45) is 0 Å². The molecule has 1 aromatic carbocycles. The number of carboxylic acids is 1. The average molecular weight is 351 g/mol. The fourth-order valence-corrected chi connectivity index (χ4v) is 3.92. The van der Waals surface area contributed by atoms with Gasteiger partial charge in [0.25, 0.3) is 0 Å². The van der Waals surface area contributed by atoms with Crippen molar-refractivity contribution in [2.75, 3.05) is 0 Å². The molecule has 0 aliphatic heterocycles. The molecule has 0 spiro atoms. The number of nitrogens with zero attached hydrogens (tertiary/aromatic N) is 2. The molecule has 0 radical (unpaired) electrons. The van der Waals surface area contributed by atoms with Crippen molar-refractivity contribution < 1.29 is 22.9 Å². The molecule has 0 saturated heterocycles. The van der Waals surface area contributed by atoms with E-state index in [9.17, 15) is 13.2 Å². The molecule has 112 valence electrons. The highest BCUT2D eigenvalue weighted by atomic mass is 35.5. The van der Waals surface area contributed by atoms with Crippen LogP contribution in [0, 0.1) is 6.92 Å². The van der Waals surface area contributed by atoms with Gasteiger partial charge in [-0.1, -0.05) is 33.5 Å². The van der Waals surface area contributed by atoms with Crippen LogP contribution in [0.4, 0.5) is 0 Å². The van der Waals surface area contributed by atoms with Crippen LogP contribution in [-0.4, -0.2) is 29.8 Å². The maximum absolute atomic E-state index is 12.3. The van der Waals surface area contributed by atoms with Gasteiger partial charge in [-0.2, -0.15) is 0 Å². The summed E-state index contributed by atoms with van der Waals surface area (Å²) in [5.74, 6) is -1.93. The van der Waals surface area contributed by atoms with Gasteiger partial charge in [0, 0.05) is 0 Å². The van der Waals surface area contributed by atoms with E-state index >= 15 is 0 Å². The number of aryl methyl sites for hydroxylation is 1. The highest BCUT2D eigenvalue weighted by molar-refractivity contribution is 7.90. The molecule has 2 aromatic rings. The van der Waals surface area contributed by atoms with Crippen LogP contribution in [0.25, 0.3) is 0 Å². The van der Waals surface area contributed by atoms with Crippen LogP contribution in [0.15, 0.2) is 21.7 Å². The third kappa shape index (κ3) is 3.02. The summed E-state index contributed by atoms with van der Waals surface area (Å²) in [7, 11) is -3.93. The Balaban J connectivity index is 2.53. The van der Waals surface area contributed by atoms with Gasteiger partial charge >= 0.3 is 5.97 Å². The first kappa shape index (κ1) is 15.7. The number of aromatic nitrogens is 2. The van der Waals surface area contributed by atoms with Gasteiger partial charge in [0.2, 0.25) is 0 Å². The number of halogens is 2. The average Bonchev–Trinajstić information content (AvgIpc) is 2.73. The SMILES string of the molecule is Cc1nonc1CS(=O)(=O)c1ccc(Cl)c(C(=O)O)c1Cl. The zero-order valence-electron chi connectivity index (χ0n) is 10.5. The molecule has 0 unspecified atom stereocenters. The second kappa shape index (κ2) is 5.63. The zero-order chi connectivity index (χ0) is 15.8. The Morgan fingerprint density at radius 1 is 1.33 bits per heavy atom. The summed E-state index contributed by atoms with van der Waals surface area (Å²) >= 11 is 11.6. The molecule has 7 nitrogen and oxygen atoms in total. The fourth-order valence-electron chi connectivity index (χ4n) is 1.61. The molecule has 2 rings (SSSR count). The van der Waals surface area contributed by atoms with Crippen molar-refractivity contribution in [1.29, 1.82) is 0 Å². The fraction of sp³-hybridized carbons (Fsp3) is 0.182. The summed E-state index contributed by atoms with van der Waals surface area (Å²) in [6, 6.07) is 2.31. The second-order valence-electron chi connectivity index (χ2n) is 4.10. The number of rotatable bonds is 4. The van der Waals surface area contributed by atoms with E-state index in [1.165, 1.54) is 6.92 Å². The first-order valence-electron chi connectivity index (χ1n) is 5.46.